The molecule has 0 unspecified atom stereocenters. The normalized spacial score (nSPS) is 14.7. The zero-order valence-electron chi connectivity index (χ0n) is 17.5. The van der Waals surface area contributed by atoms with Gasteiger partial charge in [-0.1, -0.05) is 30.3 Å². The first-order chi connectivity index (χ1) is 16.1. The third-order valence-electron chi connectivity index (χ3n) is 4.88. The van der Waals surface area contributed by atoms with E-state index in [2.05, 4.69) is 4.74 Å². The molecule has 1 heterocycles. The van der Waals surface area contributed by atoms with Gasteiger partial charge in [0.15, 0.2) is 29.1 Å². The third kappa shape index (κ3) is 4.70. The summed E-state index contributed by atoms with van der Waals surface area (Å²) in [5, 5.41) is 59.2. The molecule has 12 nitrogen and oxygen atoms in total. The molecule has 0 spiro atoms. The fourth-order valence-electron chi connectivity index (χ4n) is 3.03. The van der Waals surface area contributed by atoms with Crippen molar-refractivity contribution in [2.75, 3.05) is 7.11 Å². The standard InChI is InChI=1S/C22H20O12/c1-32-21(30)19(28)17(26)18(27)20(29)22(31)34-13-8-12-14(16(25)15(13)24)10(23)7-11(33-12)9-5-3-2-4-6-9/h2-8,17-20,24-29H,1H3/t17-,18-,19-,20+/m0/s1. The number of hydrogen-bond acceptors (Lipinski definition) is 12. The molecule has 0 fully saturated rings. The summed E-state index contributed by atoms with van der Waals surface area (Å²) >= 11 is 0. The molecule has 0 saturated carbocycles. The van der Waals surface area contributed by atoms with Crippen molar-refractivity contribution in [1.82, 2.24) is 0 Å². The van der Waals surface area contributed by atoms with Gasteiger partial charge in [0.2, 0.25) is 5.75 Å². The molecule has 3 rings (SSSR count). The van der Waals surface area contributed by atoms with Crippen LogP contribution in [0.5, 0.6) is 17.2 Å². The van der Waals surface area contributed by atoms with Crippen LogP contribution in [0.15, 0.2) is 51.7 Å². The Kier molecular flexibility index (Phi) is 7.17. The minimum Gasteiger partial charge on any atom is -0.504 e. The number of aliphatic hydroxyl groups excluding tert-OH is 4. The summed E-state index contributed by atoms with van der Waals surface area (Å²) in [6.07, 6.45) is -9.53. The van der Waals surface area contributed by atoms with Gasteiger partial charge in [-0.25, -0.2) is 9.59 Å². The Morgan fingerprint density at radius 3 is 2.06 bits per heavy atom. The molecule has 180 valence electrons. The van der Waals surface area contributed by atoms with E-state index in [1.54, 1.807) is 30.3 Å². The van der Waals surface area contributed by atoms with Gasteiger partial charge < -0.3 is 44.5 Å². The van der Waals surface area contributed by atoms with Gasteiger partial charge in [-0.05, 0) is 0 Å². The van der Waals surface area contributed by atoms with Crippen LogP contribution in [0.4, 0.5) is 0 Å². The summed E-state index contributed by atoms with van der Waals surface area (Å²) in [5.41, 5.74) is -0.467. The minimum atomic E-state index is -2.51. The predicted molar refractivity (Wildman–Crippen MR) is 113 cm³/mol. The van der Waals surface area contributed by atoms with Crippen LogP contribution in [0.25, 0.3) is 22.3 Å². The van der Waals surface area contributed by atoms with Crippen molar-refractivity contribution >= 4 is 22.9 Å². The highest BCUT2D eigenvalue weighted by atomic mass is 16.6. The molecule has 0 radical (unpaired) electrons. The average Bonchev–Trinajstić information content (AvgIpc) is 2.84. The molecular formula is C22H20O12. The number of carbonyl (C=O) groups excluding carboxylic acids is 2. The zero-order valence-corrected chi connectivity index (χ0v) is 17.5. The van der Waals surface area contributed by atoms with E-state index in [9.17, 15) is 45.0 Å². The topological polar surface area (TPSA) is 204 Å². The Hall–Kier alpha value is -3.97. The Labute approximate surface area is 190 Å². The summed E-state index contributed by atoms with van der Waals surface area (Å²) < 4.78 is 14.6. The summed E-state index contributed by atoms with van der Waals surface area (Å²) in [6, 6.07) is 10.4. The number of esters is 2. The highest BCUT2D eigenvalue weighted by molar-refractivity contribution is 5.91. The predicted octanol–water partition coefficient (Wildman–Crippen LogP) is -0.607. The first-order valence-corrected chi connectivity index (χ1v) is 9.66. The second kappa shape index (κ2) is 9.89. The van der Waals surface area contributed by atoms with Crippen LogP contribution in [0, 0.1) is 0 Å². The van der Waals surface area contributed by atoms with Gasteiger partial charge in [-0.3, -0.25) is 4.79 Å². The van der Waals surface area contributed by atoms with Crippen molar-refractivity contribution in [2.24, 2.45) is 0 Å². The molecular weight excluding hydrogens is 456 g/mol. The zero-order chi connectivity index (χ0) is 25.2. The van der Waals surface area contributed by atoms with Crippen molar-refractivity contribution in [3.63, 3.8) is 0 Å². The smallest absolute Gasteiger partial charge is 0.343 e. The monoisotopic (exact) mass is 476 g/mol. The van der Waals surface area contributed by atoms with E-state index >= 15 is 0 Å². The van der Waals surface area contributed by atoms with Crippen LogP contribution in [-0.4, -0.2) is 74.1 Å². The lowest BCUT2D eigenvalue weighted by Crippen LogP contribution is -2.51. The second-order valence-electron chi connectivity index (χ2n) is 7.10. The summed E-state index contributed by atoms with van der Waals surface area (Å²) in [4.78, 5) is 36.0. The van der Waals surface area contributed by atoms with Crippen LogP contribution in [0.3, 0.4) is 0 Å². The first kappa shape index (κ1) is 24.7. The van der Waals surface area contributed by atoms with E-state index in [1.807, 2.05) is 0 Å². The largest absolute Gasteiger partial charge is 0.504 e. The fraction of sp³-hybridized carbons (Fsp3) is 0.227. The molecule has 0 saturated heterocycles. The van der Waals surface area contributed by atoms with E-state index in [4.69, 9.17) is 9.15 Å². The van der Waals surface area contributed by atoms with E-state index in [1.165, 1.54) is 0 Å². The van der Waals surface area contributed by atoms with Crippen molar-refractivity contribution < 1.29 is 54.1 Å². The van der Waals surface area contributed by atoms with Crippen molar-refractivity contribution in [3.05, 3.63) is 52.7 Å². The van der Waals surface area contributed by atoms with Crippen molar-refractivity contribution in [1.29, 1.82) is 0 Å². The maximum Gasteiger partial charge on any atom is 0.343 e. The average molecular weight is 476 g/mol. The quantitative estimate of drug-likeness (QED) is 0.144. The van der Waals surface area contributed by atoms with Crippen LogP contribution >= 0.6 is 0 Å². The van der Waals surface area contributed by atoms with Gasteiger partial charge >= 0.3 is 11.9 Å². The van der Waals surface area contributed by atoms with E-state index in [-0.39, 0.29) is 11.3 Å². The highest BCUT2D eigenvalue weighted by Gasteiger charge is 2.39. The van der Waals surface area contributed by atoms with Crippen LogP contribution in [0.2, 0.25) is 0 Å². The van der Waals surface area contributed by atoms with Crippen LogP contribution in [0.1, 0.15) is 0 Å². The van der Waals surface area contributed by atoms with Crippen LogP contribution < -0.4 is 10.2 Å². The molecule has 34 heavy (non-hydrogen) atoms. The van der Waals surface area contributed by atoms with Crippen molar-refractivity contribution in [3.8, 4) is 28.6 Å². The minimum absolute atomic E-state index is 0.107. The molecule has 0 amide bonds. The lowest BCUT2D eigenvalue weighted by molar-refractivity contribution is -0.173. The lowest BCUT2D eigenvalue weighted by atomic mass is 10.0. The summed E-state index contributed by atoms with van der Waals surface area (Å²) in [5.74, 6) is -5.64. The Morgan fingerprint density at radius 1 is 0.882 bits per heavy atom. The second-order valence-corrected chi connectivity index (χ2v) is 7.10. The molecule has 0 aliphatic rings. The molecule has 12 heteroatoms. The molecule has 0 bridgehead atoms. The number of benzene rings is 2. The Bertz CT molecular complexity index is 1270. The van der Waals surface area contributed by atoms with E-state index in [0.717, 1.165) is 19.2 Å². The van der Waals surface area contributed by atoms with Gasteiger partial charge in [0.05, 0.1) is 7.11 Å². The molecule has 3 aromatic rings. The number of aliphatic hydroxyl groups is 4. The molecule has 1 aromatic heterocycles. The summed E-state index contributed by atoms with van der Waals surface area (Å²) in [7, 11) is 0.895. The maximum absolute atomic E-state index is 12.5. The van der Waals surface area contributed by atoms with Gasteiger partial charge in [0, 0.05) is 17.7 Å². The number of phenolic OH excluding ortho intramolecular Hbond substituents is 2. The lowest BCUT2D eigenvalue weighted by Gasteiger charge is -2.24. The van der Waals surface area contributed by atoms with Gasteiger partial charge in [0.1, 0.15) is 28.9 Å². The number of ether oxygens (including phenoxy) is 2. The summed E-state index contributed by atoms with van der Waals surface area (Å²) in [6.45, 7) is 0. The van der Waals surface area contributed by atoms with E-state index < -0.39 is 64.4 Å². The molecule has 2 aromatic carbocycles. The number of phenols is 2. The number of methoxy groups -OCH3 is 1. The van der Waals surface area contributed by atoms with Gasteiger partial charge in [-0.2, -0.15) is 0 Å². The maximum atomic E-state index is 12.5. The van der Waals surface area contributed by atoms with E-state index in [0.29, 0.717) is 5.56 Å². The van der Waals surface area contributed by atoms with Gasteiger partial charge in [-0.15, -0.1) is 0 Å². The number of rotatable bonds is 7. The highest BCUT2D eigenvalue weighted by Crippen LogP contribution is 2.41. The van der Waals surface area contributed by atoms with Crippen LogP contribution in [-0.2, 0) is 14.3 Å². The Morgan fingerprint density at radius 2 is 1.47 bits per heavy atom. The SMILES string of the molecule is COC(=O)[C@@H](O)[C@@H](O)[C@H](O)[C@@H](O)C(=O)Oc1cc2oc(-c3ccccc3)cc(=O)c2c(O)c1O. The van der Waals surface area contributed by atoms with Crippen molar-refractivity contribution in [2.45, 2.75) is 24.4 Å². The molecule has 0 aliphatic heterocycles. The number of carbonyl (C=O) groups is 2. The number of aromatic hydroxyl groups is 2. The number of fused-ring (bicyclic) bond motifs is 1. The van der Waals surface area contributed by atoms with Gasteiger partial charge in [0.25, 0.3) is 0 Å². The molecule has 0 aliphatic carbocycles. The fourth-order valence-corrected chi connectivity index (χ4v) is 3.03. The number of hydrogen-bond donors (Lipinski definition) is 6. The molecule has 4 atom stereocenters. The molecule has 6 N–H and O–H groups in total. The first-order valence-electron chi connectivity index (χ1n) is 9.66. The third-order valence-corrected chi connectivity index (χ3v) is 4.88. The Balaban J connectivity index is 1.93.